The van der Waals surface area contributed by atoms with Crippen molar-refractivity contribution < 1.29 is 22.1 Å². The maximum absolute atomic E-state index is 12.6. The molecule has 1 N–H and O–H groups in total. The van der Waals surface area contributed by atoms with E-state index < -0.39 is 16.0 Å². The average Bonchev–Trinajstić information content (AvgIpc) is 3.17. The van der Waals surface area contributed by atoms with Crippen molar-refractivity contribution in [3.8, 4) is 11.5 Å². The predicted molar refractivity (Wildman–Crippen MR) is 122 cm³/mol. The van der Waals surface area contributed by atoms with Gasteiger partial charge in [-0.05, 0) is 47.7 Å². The molecule has 0 saturated heterocycles. The summed E-state index contributed by atoms with van der Waals surface area (Å²) >= 11 is 7.34. The summed E-state index contributed by atoms with van der Waals surface area (Å²) in [4.78, 5) is 20.7. The minimum atomic E-state index is -3.84. The van der Waals surface area contributed by atoms with Crippen molar-refractivity contribution in [3.05, 3.63) is 58.4 Å². The minimum Gasteiger partial charge on any atom is -0.493 e. The third-order valence-electron chi connectivity index (χ3n) is 4.16. The zero-order valence-corrected chi connectivity index (χ0v) is 19.0. The van der Waals surface area contributed by atoms with E-state index in [0.717, 1.165) is 23.6 Å². The number of carbonyl (C=O) groups is 1. The molecule has 13 heteroatoms. The number of carbonyl (C=O) groups excluding carboxylic acids is 1. The molecule has 0 atom stereocenters. The SMILES string of the molecule is COc1cc(/C=C2/C(=N)N3N=C(c4cccnc4)SC3=NC2=O)cc(Cl)c1OS(C)(=O)=O. The topological polar surface area (TPSA) is 134 Å². The van der Waals surface area contributed by atoms with Crippen molar-refractivity contribution in [2.75, 3.05) is 13.4 Å². The van der Waals surface area contributed by atoms with E-state index in [9.17, 15) is 13.2 Å². The number of pyridine rings is 1. The van der Waals surface area contributed by atoms with Crippen LogP contribution in [-0.2, 0) is 14.9 Å². The Balaban J connectivity index is 1.70. The summed E-state index contributed by atoms with van der Waals surface area (Å²) in [7, 11) is -2.52. The Hall–Kier alpha value is -3.22. The first-order valence-electron chi connectivity index (χ1n) is 8.84. The van der Waals surface area contributed by atoms with Crippen molar-refractivity contribution in [2.24, 2.45) is 10.1 Å². The normalized spacial score (nSPS) is 17.2. The number of hydrogen-bond acceptors (Lipinski definition) is 9. The lowest BCUT2D eigenvalue weighted by Crippen LogP contribution is -2.35. The van der Waals surface area contributed by atoms with Gasteiger partial charge in [0.25, 0.3) is 5.91 Å². The summed E-state index contributed by atoms with van der Waals surface area (Å²) in [5.74, 6) is -0.922. The first-order chi connectivity index (χ1) is 15.2. The van der Waals surface area contributed by atoms with Crippen LogP contribution in [0.2, 0.25) is 5.02 Å². The number of benzene rings is 1. The van der Waals surface area contributed by atoms with Gasteiger partial charge in [-0.1, -0.05) is 11.6 Å². The van der Waals surface area contributed by atoms with Gasteiger partial charge in [-0.25, -0.2) is 0 Å². The summed E-state index contributed by atoms with van der Waals surface area (Å²) in [5.41, 5.74) is 1.08. The zero-order chi connectivity index (χ0) is 23.0. The molecule has 0 bridgehead atoms. The first kappa shape index (κ1) is 22.0. The van der Waals surface area contributed by atoms with Crippen molar-refractivity contribution in [2.45, 2.75) is 0 Å². The molecule has 0 radical (unpaired) electrons. The quantitative estimate of drug-likeness (QED) is 0.498. The number of nitrogens with zero attached hydrogens (tertiary/aromatic N) is 4. The lowest BCUT2D eigenvalue weighted by atomic mass is 10.1. The Bertz CT molecular complexity index is 1340. The lowest BCUT2D eigenvalue weighted by Gasteiger charge is -2.20. The molecule has 1 aromatic heterocycles. The number of methoxy groups -OCH3 is 1. The van der Waals surface area contributed by atoms with Gasteiger partial charge in [-0.15, -0.1) is 0 Å². The molecule has 10 nitrogen and oxygen atoms in total. The Morgan fingerprint density at radius 2 is 2.09 bits per heavy atom. The highest BCUT2D eigenvalue weighted by Gasteiger charge is 2.36. The van der Waals surface area contributed by atoms with E-state index in [1.54, 1.807) is 18.5 Å². The summed E-state index contributed by atoms with van der Waals surface area (Å²) in [6, 6.07) is 6.39. The number of hydrazone groups is 1. The number of aliphatic imine (C=N–C) groups is 1. The molecule has 1 aromatic carbocycles. The van der Waals surface area contributed by atoms with Crippen LogP contribution < -0.4 is 8.92 Å². The fourth-order valence-corrected chi connectivity index (χ4v) is 4.48. The van der Waals surface area contributed by atoms with Crippen LogP contribution in [-0.4, -0.2) is 53.7 Å². The summed E-state index contributed by atoms with van der Waals surface area (Å²) in [6.45, 7) is 0. The smallest absolute Gasteiger partial charge is 0.306 e. The molecule has 4 rings (SSSR count). The Labute approximate surface area is 192 Å². The largest absolute Gasteiger partial charge is 0.493 e. The Morgan fingerprint density at radius 1 is 1.31 bits per heavy atom. The molecule has 0 fully saturated rings. The maximum Gasteiger partial charge on any atom is 0.306 e. The number of fused-ring (bicyclic) bond motifs is 1. The molecule has 3 heterocycles. The molecule has 2 aliphatic heterocycles. The molecule has 2 aliphatic rings. The number of ether oxygens (including phenoxy) is 1. The first-order valence-corrected chi connectivity index (χ1v) is 11.8. The fraction of sp³-hybridized carbons (Fsp3) is 0.105. The molecule has 0 unspecified atom stereocenters. The fourth-order valence-electron chi connectivity index (χ4n) is 2.82. The van der Waals surface area contributed by atoms with Gasteiger partial charge in [0.05, 0.1) is 24.0 Å². The van der Waals surface area contributed by atoms with Crippen molar-refractivity contribution in [3.63, 3.8) is 0 Å². The van der Waals surface area contributed by atoms with Crippen molar-refractivity contribution in [1.82, 2.24) is 9.99 Å². The number of hydrogen-bond donors (Lipinski definition) is 1. The molecule has 0 saturated carbocycles. The van der Waals surface area contributed by atoms with Gasteiger partial charge in [-0.3, -0.25) is 15.2 Å². The average molecular weight is 492 g/mol. The van der Waals surface area contributed by atoms with E-state index in [4.69, 9.17) is 25.9 Å². The van der Waals surface area contributed by atoms with E-state index in [0.29, 0.717) is 10.6 Å². The highest BCUT2D eigenvalue weighted by atomic mass is 35.5. The zero-order valence-electron chi connectivity index (χ0n) is 16.6. The molecule has 2 aromatic rings. The van der Waals surface area contributed by atoms with Gasteiger partial charge in [0.1, 0.15) is 5.04 Å². The molecule has 32 heavy (non-hydrogen) atoms. The Kier molecular flexibility index (Phi) is 5.75. The summed E-state index contributed by atoms with van der Waals surface area (Å²) < 4.78 is 33.0. The van der Waals surface area contributed by atoms with Crippen LogP contribution in [0, 0.1) is 5.41 Å². The summed E-state index contributed by atoms with van der Waals surface area (Å²) in [6.07, 6.45) is 5.53. The molecule has 0 spiro atoms. The van der Waals surface area contributed by atoms with E-state index in [1.165, 1.54) is 30.3 Å². The number of halogens is 1. The van der Waals surface area contributed by atoms with Gasteiger partial charge < -0.3 is 8.92 Å². The minimum absolute atomic E-state index is 0.0274. The van der Waals surface area contributed by atoms with E-state index in [2.05, 4.69) is 15.1 Å². The van der Waals surface area contributed by atoms with Gasteiger partial charge in [-0.2, -0.15) is 23.5 Å². The van der Waals surface area contributed by atoms with E-state index in [-0.39, 0.29) is 33.1 Å². The van der Waals surface area contributed by atoms with Crippen molar-refractivity contribution >= 4 is 61.5 Å². The second kappa shape index (κ2) is 8.37. The standard InChI is InChI=1S/C19H14ClN5O5S2/c1-29-14-8-10(7-13(20)15(14)30-32(2,27)28)6-12-16(21)25-19(23-17(12)26)31-18(24-25)11-4-3-5-22-9-11/h3-9,21H,1-2H3/b12-6-,21-16?. The number of amides is 1. The number of aromatic nitrogens is 1. The molecular weight excluding hydrogens is 478 g/mol. The number of rotatable bonds is 5. The maximum atomic E-state index is 12.6. The molecule has 164 valence electrons. The van der Waals surface area contributed by atoms with Crippen molar-refractivity contribution in [1.29, 1.82) is 5.41 Å². The van der Waals surface area contributed by atoms with Gasteiger partial charge in [0.15, 0.2) is 11.6 Å². The molecule has 1 amide bonds. The van der Waals surface area contributed by atoms with Gasteiger partial charge in [0, 0.05) is 18.0 Å². The van der Waals surface area contributed by atoms with Crippen LogP contribution in [0.1, 0.15) is 11.1 Å². The van der Waals surface area contributed by atoms with E-state index in [1.807, 2.05) is 6.07 Å². The van der Waals surface area contributed by atoms with Crippen LogP contribution in [0.25, 0.3) is 6.08 Å². The monoisotopic (exact) mass is 491 g/mol. The van der Waals surface area contributed by atoms with Gasteiger partial charge >= 0.3 is 10.1 Å². The highest BCUT2D eigenvalue weighted by Crippen LogP contribution is 2.38. The molecular formula is C19H14ClN5O5S2. The Morgan fingerprint density at radius 3 is 2.75 bits per heavy atom. The van der Waals surface area contributed by atoms with Crippen LogP contribution in [0.15, 0.2) is 52.3 Å². The number of nitrogens with one attached hydrogen (secondary N) is 1. The second-order valence-electron chi connectivity index (χ2n) is 6.49. The van der Waals surface area contributed by atoms with E-state index >= 15 is 0 Å². The predicted octanol–water partition coefficient (Wildman–Crippen LogP) is 2.75. The van der Waals surface area contributed by atoms with Crippen LogP contribution in [0.4, 0.5) is 0 Å². The van der Waals surface area contributed by atoms with Crippen LogP contribution >= 0.6 is 23.4 Å². The van der Waals surface area contributed by atoms with Gasteiger partial charge in [0.2, 0.25) is 10.9 Å². The lowest BCUT2D eigenvalue weighted by molar-refractivity contribution is -0.114. The second-order valence-corrected chi connectivity index (χ2v) is 9.43. The molecule has 0 aliphatic carbocycles. The van der Waals surface area contributed by atoms with Crippen LogP contribution in [0.5, 0.6) is 11.5 Å². The third kappa shape index (κ3) is 4.38. The number of thioether (sulfide) groups is 1. The van der Waals surface area contributed by atoms with Crippen LogP contribution in [0.3, 0.4) is 0 Å². The third-order valence-corrected chi connectivity index (χ3v) is 5.87. The summed E-state index contributed by atoms with van der Waals surface area (Å²) in [5, 5.41) is 14.9. The highest BCUT2D eigenvalue weighted by molar-refractivity contribution is 8.27. The number of amidine groups is 2.